The molecule has 1 saturated carbocycles. The fraction of sp³-hybridized carbons (Fsp3) is 0.625. The second kappa shape index (κ2) is 9.42. The van der Waals surface area contributed by atoms with Crippen LogP contribution in [0.15, 0.2) is 18.3 Å². The van der Waals surface area contributed by atoms with Crippen LogP contribution in [0.2, 0.25) is 0 Å². The molecular formula is C16H26Cl2N4O. The van der Waals surface area contributed by atoms with Gasteiger partial charge in [-0.3, -0.25) is 14.7 Å². The van der Waals surface area contributed by atoms with E-state index >= 15 is 0 Å². The maximum absolute atomic E-state index is 12.5. The van der Waals surface area contributed by atoms with Gasteiger partial charge in [0.1, 0.15) is 0 Å². The molecule has 2 heterocycles. The zero-order valence-corrected chi connectivity index (χ0v) is 15.0. The lowest BCUT2D eigenvalue weighted by molar-refractivity contribution is 0.0573. The third-order valence-corrected chi connectivity index (χ3v) is 4.72. The zero-order valence-electron chi connectivity index (χ0n) is 13.3. The van der Waals surface area contributed by atoms with Crippen molar-refractivity contribution < 1.29 is 4.79 Å². The second-order valence-electron chi connectivity index (χ2n) is 6.01. The number of rotatable bonds is 3. The lowest BCUT2D eigenvalue weighted by Gasteiger charge is -2.38. The van der Waals surface area contributed by atoms with E-state index < -0.39 is 0 Å². The predicted octanol–water partition coefficient (Wildman–Crippen LogP) is 2.08. The summed E-state index contributed by atoms with van der Waals surface area (Å²) in [5.74, 6) is 0.109. The fourth-order valence-electron chi connectivity index (χ4n) is 3.46. The van der Waals surface area contributed by atoms with Gasteiger partial charge in [-0.25, -0.2) is 0 Å². The minimum atomic E-state index is 0. The predicted molar refractivity (Wildman–Crippen MR) is 96.4 cm³/mol. The van der Waals surface area contributed by atoms with Crippen LogP contribution in [-0.2, 0) is 6.54 Å². The van der Waals surface area contributed by atoms with E-state index in [-0.39, 0.29) is 30.7 Å². The summed E-state index contributed by atoms with van der Waals surface area (Å²) in [5, 5.41) is 0. The number of carbonyl (C=O) groups excluding carboxylic acids is 1. The van der Waals surface area contributed by atoms with Gasteiger partial charge >= 0.3 is 0 Å². The molecule has 0 spiro atoms. The van der Waals surface area contributed by atoms with Crippen molar-refractivity contribution in [1.82, 2.24) is 14.8 Å². The summed E-state index contributed by atoms with van der Waals surface area (Å²) in [6.07, 6.45) is 7.06. The van der Waals surface area contributed by atoms with Crippen molar-refractivity contribution in [3.8, 4) is 0 Å². The maximum Gasteiger partial charge on any atom is 0.254 e. The highest BCUT2D eigenvalue weighted by Gasteiger charge is 2.28. The number of hydrogen-bond acceptors (Lipinski definition) is 4. The number of hydrogen-bond donors (Lipinski definition) is 1. The van der Waals surface area contributed by atoms with Crippen LogP contribution < -0.4 is 5.73 Å². The molecule has 2 N–H and O–H groups in total. The van der Waals surface area contributed by atoms with Crippen LogP contribution in [0, 0.1) is 0 Å². The van der Waals surface area contributed by atoms with Crippen molar-refractivity contribution in [1.29, 1.82) is 0 Å². The summed E-state index contributed by atoms with van der Waals surface area (Å²) in [7, 11) is 0. The number of aromatic nitrogens is 1. The minimum absolute atomic E-state index is 0. The molecule has 1 aliphatic heterocycles. The molecule has 0 bridgehead atoms. The summed E-state index contributed by atoms with van der Waals surface area (Å²) in [4.78, 5) is 21.2. The normalized spacial score (nSPS) is 19.1. The number of halogens is 2. The van der Waals surface area contributed by atoms with Gasteiger partial charge in [0, 0.05) is 50.5 Å². The highest BCUT2D eigenvalue weighted by molar-refractivity contribution is 5.94. The standard InChI is InChI=1S/C16H24N4O.2ClH/c17-12-14-11-13(5-6-18-14)16(21)20-9-7-19(8-10-20)15-3-1-2-4-15;;/h5-6,11,15H,1-4,7-10,12,17H2;2*1H. The molecule has 0 unspecified atom stereocenters. The molecule has 1 aliphatic carbocycles. The van der Waals surface area contributed by atoms with E-state index in [4.69, 9.17) is 5.73 Å². The Morgan fingerprint density at radius 1 is 1.17 bits per heavy atom. The van der Waals surface area contributed by atoms with Crippen LogP contribution in [0.1, 0.15) is 41.7 Å². The van der Waals surface area contributed by atoms with Gasteiger partial charge in [0.15, 0.2) is 0 Å². The first kappa shape index (κ1) is 20.2. The molecule has 1 aromatic rings. The van der Waals surface area contributed by atoms with Crippen LogP contribution in [0.25, 0.3) is 0 Å². The Morgan fingerprint density at radius 3 is 2.43 bits per heavy atom. The van der Waals surface area contributed by atoms with E-state index in [0.717, 1.165) is 37.9 Å². The lowest BCUT2D eigenvalue weighted by atomic mass is 10.1. The first-order valence-electron chi connectivity index (χ1n) is 7.96. The van der Waals surface area contributed by atoms with Gasteiger partial charge in [0.05, 0.1) is 5.69 Å². The maximum atomic E-state index is 12.5. The van der Waals surface area contributed by atoms with E-state index in [1.54, 1.807) is 12.3 Å². The van der Waals surface area contributed by atoms with E-state index in [9.17, 15) is 4.79 Å². The average molecular weight is 361 g/mol. The van der Waals surface area contributed by atoms with Crippen molar-refractivity contribution in [2.75, 3.05) is 26.2 Å². The Bertz CT molecular complexity index is 501. The molecule has 0 radical (unpaired) electrons. The molecule has 130 valence electrons. The summed E-state index contributed by atoms with van der Waals surface area (Å²) in [6.45, 7) is 4.04. The molecule has 1 amide bonds. The summed E-state index contributed by atoms with van der Waals surface area (Å²) in [6, 6.07) is 4.35. The molecule has 1 saturated heterocycles. The topological polar surface area (TPSA) is 62.5 Å². The Hall–Kier alpha value is -0.880. The van der Waals surface area contributed by atoms with Gasteiger partial charge in [-0.15, -0.1) is 24.8 Å². The Kier molecular flexibility index (Phi) is 8.26. The molecule has 1 aromatic heterocycles. The number of carbonyl (C=O) groups is 1. The third-order valence-electron chi connectivity index (χ3n) is 4.72. The Balaban J connectivity index is 0.00000132. The van der Waals surface area contributed by atoms with Crippen LogP contribution in [0.5, 0.6) is 0 Å². The third kappa shape index (κ3) is 4.80. The van der Waals surface area contributed by atoms with Gasteiger partial charge in [-0.05, 0) is 25.0 Å². The van der Waals surface area contributed by atoms with Gasteiger partial charge in [0.2, 0.25) is 0 Å². The Morgan fingerprint density at radius 2 is 1.83 bits per heavy atom. The highest BCUT2D eigenvalue weighted by atomic mass is 35.5. The molecule has 0 atom stereocenters. The lowest BCUT2D eigenvalue weighted by Crippen LogP contribution is -2.51. The summed E-state index contributed by atoms with van der Waals surface area (Å²) < 4.78 is 0. The van der Waals surface area contributed by atoms with E-state index in [1.165, 1.54) is 25.7 Å². The molecule has 7 heteroatoms. The van der Waals surface area contributed by atoms with Crippen LogP contribution in [-0.4, -0.2) is 52.9 Å². The van der Waals surface area contributed by atoms with Crippen molar-refractivity contribution in [2.45, 2.75) is 38.3 Å². The first-order chi connectivity index (χ1) is 10.3. The summed E-state index contributed by atoms with van der Waals surface area (Å²) >= 11 is 0. The van der Waals surface area contributed by atoms with Gasteiger partial charge in [0.25, 0.3) is 5.91 Å². The molecular weight excluding hydrogens is 335 g/mol. The van der Waals surface area contributed by atoms with Crippen LogP contribution in [0.4, 0.5) is 0 Å². The SMILES string of the molecule is Cl.Cl.NCc1cc(C(=O)N2CCN(C3CCCC3)CC2)ccn1. The Labute approximate surface area is 150 Å². The van der Waals surface area contributed by atoms with Gasteiger partial charge in [-0.1, -0.05) is 12.8 Å². The summed E-state index contributed by atoms with van der Waals surface area (Å²) in [5.41, 5.74) is 7.07. The monoisotopic (exact) mass is 360 g/mol. The first-order valence-corrected chi connectivity index (χ1v) is 7.96. The van der Waals surface area contributed by atoms with E-state index in [0.29, 0.717) is 12.1 Å². The van der Waals surface area contributed by atoms with Crippen LogP contribution >= 0.6 is 24.8 Å². The molecule has 2 aliphatic rings. The van der Waals surface area contributed by atoms with Crippen LogP contribution in [0.3, 0.4) is 0 Å². The highest BCUT2D eigenvalue weighted by Crippen LogP contribution is 2.24. The minimum Gasteiger partial charge on any atom is -0.336 e. The second-order valence-corrected chi connectivity index (χ2v) is 6.01. The van der Waals surface area contributed by atoms with E-state index in [2.05, 4.69) is 9.88 Å². The van der Waals surface area contributed by atoms with Crippen molar-refractivity contribution in [3.05, 3.63) is 29.6 Å². The largest absolute Gasteiger partial charge is 0.336 e. The number of piperazine rings is 1. The quantitative estimate of drug-likeness (QED) is 0.896. The number of pyridine rings is 1. The van der Waals surface area contributed by atoms with E-state index in [1.807, 2.05) is 11.0 Å². The number of nitrogens with zero attached hydrogens (tertiary/aromatic N) is 3. The molecule has 2 fully saturated rings. The molecule has 5 nitrogen and oxygen atoms in total. The smallest absolute Gasteiger partial charge is 0.254 e. The van der Waals surface area contributed by atoms with Gasteiger partial charge in [-0.2, -0.15) is 0 Å². The number of nitrogens with two attached hydrogens (primary N) is 1. The van der Waals surface area contributed by atoms with Crippen molar-refractivity contribution >= 4 is 30.7 Å². The average Bonchev–Trinajstić information content (AvgIpc) is 3.09. The molecule has 3 rings (SSSR count). The number of amides is 1. The van der Waals surface area contributed by atoms with Gasteiger partial charge < -0.3 is 10.6 Å². The van der Waals surface area contributed by atoms with Crippen molar-refractivity contribution in [3.63, 3.8) is 0 Å². The molecule has 0 aromatic carbocycles. The zero-order chi connectivity index (χ0) is 14.7. The fourth-order valence-corrected chi connectivity index (χ4v) is 3.46. The molecule has 23 heavy (non-hydrogen) atoms. The van der Waals surface area contributed by atoms with Crippen molar-refractivity contribution in [2.24, 2.45) is 5.73 Å².